The summed E-state index contributed by atoms with van der Waals surface area (Å²) < 4.78 is 8.99. The van der Waals surface area contributed by atoms with E-state index in [9.17, 15) is 0 Å². The van der Waals surface area contributed by atoms with Gasteiger partial charge >= 0.3 is 0 Å². The lowest BCUT2D eigenvalue weighted by Crippen LogP contribution is -2.11. The number of aromatic nitrogens is 1. The lowest BCUT2D eigenvalue weighted by Gasteiger charge is -2.28. The first-order valence-electron chi connectivity index (χ1n) is 20.8. The summed E-state index contributed by atoms with van der Waals surface area (Å²) in [6, 6.07) is 82.9. The molecule has 3 heteroatoms. The molecule has 0 aliphatic heterocycles. The average Bonchev–Trinajstić information content (AvgIpc) is 3.88. The summed E-state index contributed by atoms with van der Waals surface area (Å²) in [6.45, 7) is 0. The number of furan rings is 1. The molecule has 0 aliphatic carbocycles. The number of hydrogen-bond donors (Lipinski definition) is 0. The third kappa shape index (κ3) is 5.90. The Hall–Kier alpha value is -8.14. The van der Waals surface area contributed by atoms with Crippen LogP contribution in [0.1, 0.15) is 0 Å². The van der Waals surface area contributed by atoms with Crippen LogP contribution in [0.5, 0.6) is 0 Å². The van der Waals surface area contributed by atoms with E-state index in [1.54, 1.807) is 0 Å². The number of anilines is 3. The van der Waals surface area contributed by atoms with E-state index >= 15 is 0 Å². The van der Waals surface area contributed by atoms with E-state index in [1.807, 2.05) is 6.07 Å². The summed E-state index contributed by atoms with van der Waals surface area (Å²) in [5.41, 5.74) is 15.3. The Morgan fingerprint density at radius 2 is 0.885 bits per heavy atom. The fourth-order valence-electron chi connectivity index (χ4n) is 9.28. The molecule has 0 radical (unpaired) electrons. The van der Waals surface area contributed by atoms with Gasteiger partial charge in [0.15, 0.2) is 0 Å². The van der Waals surface area contributed by atoms with Gasteiger partial charge in [-0.25, -0.2) is 0 Å². The number of para-hydroxylation sites is 5. The lowest BCUT2D eigenvalue weighted by atomic mass is 9.98. The Balaban J connectivity index is 0.979. The molecule has 0 unspecified atom stereocenters. The van der Waals surface area contributed by atoms with Gasteiger partial charge in [-0.1, -0.05) is 164 Å². The van der Waals surface area contributed by atoms with Crippen molar-refractivity contribution in [3.63, 3.8) is 0 Å². The van der Waals surface area contributed by atoms with E-state index < -0.39 is 0 Å². The second-order valence-electron chi connectivity index (χ2n) is 15.7. The van der Waals surface area contributed by atoms with Crippen molar-refractivity contribution in [1.82, 2.24) is 4.57 Å². The molecule has 0 bridgehead atoms. The minimum absolute atomic E-state index is 0.890. The van der Waals surface area contributed by atoms with Crippen LogP contribution in [-0.4, -0.2) is 4.57 Å². The molecule has 0 fully saturated rings. The molecule has 10 aromatic carbocycles. The predicted octanol–water partition coefficient (Wildman–Crippen LogP) is 16.3. The van der Waals surface area contributed by atoms with Crippen LogP contribution in [0.15, 0.2) is 235 Å². The van der Waals surface area contributed by atoms with Crippen molar-refractivity contribution in [1.29, 1.82) is 0 Å². The van der Waals surface area contributed by atoms with E-state index in [0.717, 1.165) is 66.9 Å². The number of benzene rings is 10. The first-order valence-corrected chi connectivity index (χ1v) is 20.8. The first kappa shape index (κ1) is 34.9. The molecule has 0 spiro atoms. The molecule has 0 N–H and O–H groups in total. The Bertz CT molecular complexity index is 3540. The Labute approximate surface area is 353 Å². The minimum Gasteiger partial charge on any atom is -0.455 e. The first-order chi connectivity index (χ1) is 30.2. The van der Waals surface area contributed by atoms with Gasteiger partial charge in [0, 0.05) is 49.7 Å². The van der Waals surface area contributed by atoms with Gasteiger partial charge in [0.05, 0.1) is 16.7 Å². The number of hydrogen-bond acceptors (Lipinski definition) is 2. The molecule has 3 nitrogen and oxygen atoms in total. The quantitative estimate of drug-likeness (QED) is 0.161. The monoisotopic (exact) mass is 778 g/mol. The van der Waals surface area contributed by atoms with Crippen molar-refractivity contribution in [3.05, 3.63) is 231 Å². The van der Waals surface area contributed by atoms with Crippen LogP contribution in [0.25, 0.3) is 93.6 Å². The number of nitrogens with zero attached hydrogens (tertiary/aromatic N) is 2. The fraction of sp³-hybridized carbons (Fsp3) is 0. The van der Waals surface area contributed by atoms with Crippen LogP contribution in [0.3, 0.4) is 0 Å². The van der Waals surface area contributed by atoms with Crippen molar-refractivity contribution in [3.8, 4) is 39.1 Å². The molecule has 0 atom stereocenters. The molecule has 0 aliphatic rings. The third-order valence-corrected chi connectivity index (χ3v) is 12.2. The van der Waals surface area contributed by atoms with Crippen LogP contribution in [0, 0.1) is 0 Å². The SMILES string of the molecule is c1cc(-c2ccc(N(c3ccc(-c4ccc5ccccc5c4)cc3)c3ccccc3-c3cccc4c3oc3ccccc34)cc2)cc(-n2c3ccccc3c3ccccc32)c1. The topological polar surface area (TPSA) is 21.3 Å². The Morgan fingerprint density at radius 3 is 1.62 bits per heavy atom. The number of fused-ring (bicyclic) bond motifs is 7. The highest BCUT2D eigenvalue weighted by Crippen LogP contribution is 2.45. The van der Waals surface area contributed by atoms with E-state index in [-0.39, 0.29) is 0 Å². The minimum atomic E-state index is 0.890. The standard InChI is InChI=1S/C58H38N2O/c1-2-14-42-37-44(28-27-39(42)13-1)41-31-35-46(36-32-41)59(54-23-7-5-19-50(54)52-21-12-22-53-51-20-6-10-26-57(51)61-58(52)53)45-33-29-40(30-34-45)43-15-11-16-47(38-43)60-55-24-8-3-17-48(55)49-18-4-9-25-56(49)60/h1-38H. The molecule has 0 saturated heterocycles. The van der Waals surface area contributed by atoms with Crippen molar-refractivity contribution < 1.29 is 4.42 Å². The van der Waals surface area contributed by atoms with Crippen molar-refractivity contribution in [2.24, 2.45) is 0 Å². The van der Waals surface area contributed by atoms with Gasteiger partial charge in [-0.05, 0) is 99.8 Å². The molecule has 61 heavy (non-hydrogen) atoms. The van der Waals surface area contributed by atoms with Crippen LogP contribution in [-0.2, 0) is 0 Å². The Morgan fingerprint density at radius 1 is 0.344 bits per heavy atom. The second-order valence-corrected chi connectivity index (χ2v) is 15.7. The highest BCUT2D eigenvalue weighted by molar-refractivity contribution is 6.11. The van der Waals surface area contributed by atoms with E-state index in [1.165, 1.54) is 43.7 Å². The van der Waals surface area contributed by atoms with Gasteiger partial charge < -0.3 is 13.9 Å². The fourth-order valence-corrected chi connectivity index (χ4v) is 9.28. The molecule has 12 aromatic rings. The molecular weight excluding hydrogens is 741 g/mol. The van der Waals surface area contributed by atoms with E-state index in [4.69, 9.17) is 4.42 Å². The van der Waals surface area contributed by atoms with Crippen molar-refractivity contribution in [2.75, 3.05) is 4.90 Å². The largest absolute Gasteiger partial charge is 0.455 e. The lowest BCUT2D eigenvalue weighted by molar-refractivity contribution is 0.670. The summed E-state index contributed by atoms with van der Waals surface area (Å²) in [5.74, 6) is 0. The molecule has 286 valence electrons. The van der Waals surface area contributed by atoms with Crippen LogP contribution in [0.4, 0.5) is 17.1 Å². The Kier molecular flexibility index (Phi) is 8.17. The zero-order chi connectivity index (χ0) is 40.3. The maximum Gasteiger partial charge on any atom is 0.143 e. The second kappa shape index (κ2) is 14.3. The third-order valence-electron chi connectivity index (χ3n) is 12.2. The highest BCUT2D eigenvalue weighted by atomic mass is 16.3. The maximum absolute atomic E-state index is 6.61. The average molecular weight is 779 g/mol. The smallest absolute Gasteiger partial charge is 0.143 e. The summed E-state index contributed by atoms with van der Waals surface area (Å²) in [7, 11) is 0. The van der Waals surface area contributed by atoms with Crippen LogP contribution in [0.2, 0.25) is 0 Å². The highest BCUT2D eigenvalue weighted by Gasteiger charge is 2.21. The van der Waals surface area contributed by atoms with Gasteiger partial charge in [-0.3, -0.25) is 0 Å². The van der Waals surface area contributed by atoms with Crippen LogP contribution >= 0.6 is 0 Å². The van der Waals surface area contributed by atoms with Gasteiger partial charge in [0.2, 0.25) is 0 Å². The van der Waals surface area contributed by atoms with E-state index in [0.29, 0.717) is 0 Å². The van der Waals surface area contributed by atoms with Gasteiger partial charge in [0.1, 0.15) is 11.2 Å². The summed E-state index contributed by atoms with van der Waals surface area (Å²) in [6.07, 6.45) is 0. The van der Waals surface area contributed by atoms with Gasteiger partial charge in [-0.15, -0.1) is 0 Å². The molecular formula is C58H38N2O. The van der Waals surface area contributed by atoms with Gasteiger partial charge in [0.25, 0.3) is 0 Å². The summed E-state index contributed by atoms with van der Waals surface area (Å²) in [5, 5.41) is 7.23. The molecule has 0 saturated carbocycles. The maximum atomic E-state index is 6.61. The van der Waals surface area contributed by atoms with Gasteiger partial charge in [-0.2, -0.15) is 0 Å². The van der Waals surface area contributed by atoms with E-state index in [2.05, 4.69) is 234 Å². The summed E-state index contributed by atoms with van der Waals surface area (Å²) >= 11 is 0. The molecule has 0 amide bonds. The van der Waals surface area contributed by atoms with Crippen molar-refractivity contribution in [2.45, 2.75) is 0 Å². The molecule has 2 heterocycles. The predicted molar refractivity (Wildman–Crippen MR) is 257 cm³/mol. The zero-order valence-electron chi connectivity index (χ0n) is 33.2. The number of rotatable bonds is 7. The summed E-state index contributed by atoms with van der Waals surface area (Å²) in [4.78, 5) is 2.37. The van der Waals surface area contributed by atoms with Crippen LogP contribution < -0.4 is 4.90 Å². The zero-order valence-corrected chi connectivity index (χ0v) is 33.2. The molecule has 12 rings (SSSR count). The molecule has 2 aromatic heterocycles. The van der Waals surface area contributed by atoms with Crippen molar-refractivity contribution >= 4 is 71.6 Å². The normalized spacial score (nSPS) is 11.6.